The van der Waals surface area contributed by atoms with E-state index in [1.165, 1.54) is 24.4 Å². The van der Waals surface area contributed by atoms with Crippen LogP contribution in [0, 0.1) is 11.3 Å². The zero-order valence-corrected chi connectivity index (χ0v) is 21.4. The zero-order valence-electron chi connectivity index (χ0n) is 21.4. The molecule has 1 fully saturated rings. The number of H-pyrrole nitrogens is 1. The number of nitrogens with two attached hydrogens (primary N) is 1. The molecule has 40 heavy (non-hydrogen) atoms. The number of rotatable bonds is 8. The Balaban J connectivity index is 1.20. The smallest absolute Gasteiger partial charge is 0.418 e. The summed E-state index contributed by atoms with van der Waals surface area (Å²) in [5, 5.41) is 10.2. The van der Waals surface area contributed by atoms with Gasteiger partial charge in [0.05, 0.1) is 17.2 Å². The van der Waals surface area contributed by atoms with Crippen molar-refractivity contribution in [3.8, 4) is 17.8 Å². The summed E-state index contributed by atoms with van der Waals surface area (Å²) in [6, 6.07) is 12.5. The number of benzene rings is 2. The van der Waals surface area contributed by atoms with Crippen LogP contribution >= 0.6 is 0 Å². The molecule has 1 aliphatic heterocycles. The van der Waals surface area contributed by atoms with E-state index in [0.717, 1.165) is 41.9 Å². The third kappa shape index (κ3) is 6.00. The number of halogens is 3. The lowest BCUT2D eigenvalue weighted by Crippen LogP contribution is -2.47. The highest BCUT2D eigenvalue weighted by Gasteiger charge is 2.36. The first-order valence-corrected chi connectivity index (χ1v) is 12.7. The third-order valence-corrected chi connectivity index (χ3v) is 6.90. The Bertz CT molecular complexity index is 1570. The van der Waals surface area contributed by atoms with E-state index < -0.39 is 17.6 Å². The number of fused-ring (bicyclic) bond motifs is 1. The van der Waals surface area contributed by atoms with Crippen LogP contribution in [0.4, 0.5) is 18.9 Å². The summed E-state index contributed by atoms with van der Waals surface area (Å²) in [6.07, 6.45) is 0.332. The van der Waals surface area contributed by atoms with Crippen LogP contribution < -0.4 is 15.4 Å². The lowest BCUT2D eigenvalue weighted by molar-refractivity contribution is -0.137. The number of aryl methyl sites for hydroxylation is 1. The van der Waals surface area contributed by atoms with Crippen molar-refractivity contribution in [2.45, 2.75) is 19.0 Å². The maximum absolute atomic E-state index is 14.0. The van der Waals surface area contributed by atoms with Crippen molar-refractivity contribution < 1.29 is 22.7 Å². The summed E-state index contributed by atoms with van der Waals surface area (Å²) in [4.78, 5) is 26.2. The van der Waals surface area contributed by atoms with E-state index in [-0.39, 0.29) is 23.1 Å². The fourth-order valence-corrected chi connectivity index (χ4v) is 4.87. The van der Waals surface area contributed by atoms with Crippen LogP contribution in [0.25, 0.3) is 10.9 Å². The van der Waals surface area contributed by atoms with Crippen molar-refractivity contribution in [1.82, 2.24) is 19.9 Å². The minimum atomic E-state index is -4.60. The maximum atomic E-state index is 14.0. The van der Waals surface area contributed by atoms with Crippen LogP contribution in [-0.4, -0.2) is 58.5 Å². The summed E-state index contributed by atoms with van der Waals surface area (Å²) >= 11 is 0. The van der Waals surface area contributed by atoms with Crippen molar-refractivity contribution in [2.75, 3.05) is 37.6 Å². The Kier molecular flexibility index (Phi) is 7.57. The molecule has 0 bridgehead atoms. The summed E-state index contributed by atoms with van der Waals surface area (Å²) in [6.45, 7) is 2.99. The van der Waals surface area contributed by atoms with Gasteiger partial charge in [-0.25, -0.2) is 4.98 Å². The van der Waals surface area contributed by atoms with Gasteiger partial charge in [-0.3, -0.25) is 9.69 Å². The Morgan fingerprint density at radius 2 is 1.93 bits per heavy atom. The molecule has 0 radical (unpaired) electrons. The number of aromatic amines is 1. The minimum absolute atomic E-state index is 0.0818. The number of amides is 1. The van der Waals surface area contributed by atoms with Crippen molar-refractivity contribution in [3.63, 3.8) is 0 Å². The van der Waals surface area contributed by atoms with E-state index in [0.29, 0.717) is 31.7 Å². The second-order valence-corrected chi connectivity index (χ2v) is 9.49. The molecule has 0 aliphatic carbocycles. The molecule has 3 heterocycles. The summed E-state index contributed by atoms with van der Waals surface area (Å²) in [5.41, 5.74) is 7.11. The normalized spacial score (nSPS) is 14.3. The Labute approximate surface area is 228 Å². The number of carbonyl (C=O) groups is 1. The molecule has 0 saturated carbocycles. The van der Waals surface area contributed by atoms with Gasteiger partial charge in [0, 0.05) is 55.2 Å². The number of nitriles is 1. The molecule has 2 aromatic carbocycles. The zero-order chi connectivity index (χ0) is 28.3. The van der Waals surface area contributed by atoms with Gasteiger partial charge in [-0.2, -0.15) is 23.4 Å². The highest BCUT2D eigenvalue weighted by Crippen LogP contribution is 2.39. The number of anilines is 1. The molecule has 0 atom stereocenters. The van der Waals surface area contributed by atoms with Crippen molar-refractivity contribution in [3.05, 3.63) is 77.2 Å². The van der Waals surface area contributed by atoms with Crippen LogP contribution in [0.1, 0.15) is 33.6 Å². The molecule has 4 aromatic rings. The molecule has 9 nitrogen and oxygen atoms in total. The fraction of sp³-hybridized carbons (Fsp3) is 0.286. The SMILES string of the molecule is N#Cc1ccc2[nH]cc(CCCN3CCN(c4ccc(Oc5nccc(C(N)=O)n5)cc4C(F)(F)F)CC3)c2c1. The van der Waals surface area contributed by atoms with Crippen LogP contribution in [0.2, 0.25) is 0 Å². The first-order chi connectivity index (χ1) is 19.2. The highest BCUT2D eigenvalue weighted by molar-refractivity contribution is 5.90. The minimum Gasteiger partial charge on any atom is -0.424 e. The molecule has 0 unspecified atom stereocenters. The number of aromatic nitrogens is 3. The number of ether oxygens (including phenoxy) is 1. The van der Waals surface area contributed by atoms with Gasteiger partial charge in [-0.1, -0.05) is 0 Å². The van der Waals surface area contributed by atoms with Crippen LogP contribution in [-0.2, 0) is 12.6 Å². The largest absolute Gasteiger partial charge is 0.424 e. The molecule has 5 rings (SSSR count). The molecule has 1 amide bonds. The quantitative estimate of drug-likeness (QED) is 0.332. The van der Waals surface area contributed by atoms with Gasteiger partial charge in [0.25, 0.3) is 5.91 Å². The van der Waals surface area contributed by atoms with Crippen LogP contribution in [0.3, 0.4) is 0 Å². The average molecular weight is 550 g/mol. The van der Waals surface area contributed by atoms with Crippen molar-refractivity contribution >= 4 is 22.5 Å². The molecular formula is C28H26F3N7O2. The summed E-state index contributed by atoms with van der Waals surface area (Å²) in [5.74, 6) is -0.902. The van der Waals surface area contributed by atoms with E-state index in [4.69, 9.17) is 10.5 Å². The Morgan fingerprint density at radius 3 is 2.65 bits per heavy atom. The number of alkyl halides is 3. The van der Waals surface area contributed by atoms with E-state index in [9.17, 15) is 23.2 Å². The topological polar surface area (TPSA) is 124 Å². The predicted octanol–water partition coefficient (Wildman–Crippen LogP) is 4.49. The number of nitrogens with one attached hydrogen (secondary N) is 1. The molecule has 3 N–H and O–H groups in total. The average Bonchev–Trinajstić information content (AvgIpc) is 3.35. The number of hydrogen-bond donors (Lipinski definition) is 2. The second kappa shape index (κ2) is 11.2. The van der Waals surface area contributed by atoms with Crippen LogP contribution in [0.5, 0.6) is 11.8 Å². The number of carbonyl (C=O) groups excluding carboxylic acids is 1. The molecule has 1 saturated heterocycles. The van der Waals surface area contributed by atoms with Gasteiger partial charge < -0.3 is 20.4 Å². The van der Waals surface area contributed by atoms with Crippen molar-refractivity contribution in [1.29, 1.82) is 5.26 Å². The highest BCUT2D eigenvalue weighted by atomic mass is 19.4. The fourth-order valence-electron chi connectivity index (χ4n) is 4.87. The standard InChI is InChI=1S/C28H26F3N7O2/c29-28(30,31)22-15-20(40-27-34-8-7-24(36-27)26(33)39)4-6-25(22)38-12-10-37(11-13-38)9-1-2-19-17-35-23-5-3-18(16-32)14-21(19)23/h3-8,14-15,17,35H,1-2,9-13H2,(H2,33,39). The van der Waals surface area contributed by atoms with Gasteiger partial charge in [0.15, 0.2) is 0 Å². The molecule has 0 spiro atoms. The first kappa shape index (κ1) is 27.0. The predicted molar refractivity (Wildman–Crippen MR) is 142 cm³/mol. The van der Waals surface area contributed by atoms with Gasteiger partial charge >= 0.3 is 12.2 Å². The number of primary amides is 1. The second-order valence-electron chi connectivity index (χ2n) is 9.49. The van der Waals surface area contributed by atoms with E-state index in [1.54, 1.807) is 11.0 Å². The monoisotopic (exact) mass is 549 g/mol. The van der Waals surface area contributed by atoms with Gasteiger partial charge in [0.1, 0.15) is 11.4 Å². The Hall–Kier alpha value is -4.63. The van der Waals surface area contributed by atoms with Gasteiger partial charge in [0.2, 0.25) is 0 Å². The molecule has 206 valence electrons. The molecule has 12 heteroatoms. The van der Waals surface area contributed by atoms with Gasteiger partial charge in [-0.05, 0) is 67.4 Å². The lowest BCUT2D eigenvalue weighted by atomic mass is 10.1. The number of hydrogen-bond acceptors (Lipinski definition) is 7. The van der Waals surface area contributed by atoms with E-state index >= 15 is 0 Å². The molecule has 1 aliphatic rings. The molecular weight excluding hydrogens is 523 g/mol. The first-order valence-electron chi connectivity index (χ1n) is 12.7. The van der Waals surface area contributed by atoms with Gasteiger partial charge in [-0.15, -0.1) is 0 Å². The Morgan fingerprint density at radius 1 is 1.12 bits per heavy atom. The van der Waals surface area contributed by atoms with Crippen LogP contribution in [0.15, 0.2) is 54.9 Å². The van der Waals surface area contributed by atoms with E-state index in [1.807, 2.05) is 18.3 Å². The third-order valence-electron chi connectivity index (χ3n) is 6.90. The summed E-state index contributed by atoms with van der Waals surface area (Å²) in [7, 11) is 0. The maximum Gasteiger partial charge on any atom is 0.418 e. The number of nitrogens with zero attached hydrogens (tertiary/aromatic N) is 5. The summed E-state index contributed by atoms with van der Waals surface area (Å²) < 4.78 is 47.5. The molecule has 2 aromatic heterocycles. The van der Waals surface area contributed by atoms with Crippen molar-refractivity contribution in [2.24, 2.45) is 5.73 Å². The number of piperazine rings is 1. The lowest BCUT2D eigenvalue weighted by Gasteiger charge is -2.37. The van der Waals surface area contributed by atoms with E-state index in [2.05, 4.69) is 25.9 Å².